The molecule has 1 aliphatic heterocycles. The minimum atomic E-state index is -4.52. The summed E-state index contributed by atoms with van der Waals surface area (Å²) in [7, 11) is 0. The van der Waals surface area contributed by atoms with E-state index in [2.05, 4.69) is 30.3 Å². The maximum absolute atomic E-state index is 12.6. The molecule has 2 N–H and O–H groups in total. The first-order valence-corrected chi connectivity index (χ1v) is 13.4. The van der Waals surface area contributed by atoms with Crippen molar-refractivity contribution < 1.29 is 32.7 Å². The van der Waals surface area contributed by atoms with Gasteiger partial charge in [-0.1, -0.05) is 5.16 Å². The fraction of sp³-hybridized carbons (Fsp3) is 0.462. The molecule has 14 heteroatoms. The maximum atomic E-state index is 12.6. The Morgan fingerprint density at radius 1 is 1.20 bits per heavy atom. The second-order valence-electron chi connectivity index (χ2n) is 9.80. The number of oxime groups is 1. The quantitative estimate of drug-likeness (QED) is 0.282. The number of nitrogens with one attached hydrogen (secondary N) is 1. The number of carbonyl (C=O) groups excluding carboxylic acids is 1. The lowest BCUT2D eigenvalue weighted by Crippen LogP contribution is -2.43. The summed E-state index contributed by atoms with van der Waals surface area (Å²) in [6, 6.07) is 3.56. The van der Waals surface area contributed by atoms with Crippen molar-refractivity contribution in [2.45, 2.75) is 46.2 Å². The summed E-state index contributed by atoms with van der Waals surface area (Å²) < 4.78 is 38.4. The predicted molar refractivity (Wildman–Crippen MR) is 144 cm³/mol. The zero-order chi connectivity index (χ0) is 29.1. The van der Waals surface area contributed by atoms with E-state index in [4.69, 9.17) is 0 Å². The van der Waals surface area contributed by atoms with Gasteiger partial charge in [-0.15, -0.1) is 11.3 Å². The molecule has 0 radical (unpaired) electrons. The first kappa shape index (κ1) is 29.2. The molecule has 1 saturated heterocycles. The van der Waals surface area contributed by atoms with E-state index in [9.17, 15) is 27.9 Å². The predicted octanol–water partition coefficient (Wildman–Crippen LogP) is 4.43. The molecule has 0 aliphatic carbocycles. The lowest BCUT2D eigenvalue weighted by molar-refractivity contribution is -0.173. The van der Waals surface area contributed by atoms with Crippen molar-refractivity contribution in [2.75, 3.05) is 31.1 Å². The number of amides is 1. The Morgan fingerprint density at radius 3 is 2.48 bits per heavy atom. The highest BCUT2D eigenvalue weighted by Gasteiger charge is 2.37. The molecule has 2 aromatic heterocycles. The van der Waals surface area contributed by atoms with Gasteiger partial charge in [0.25, 0.3) is 0 Å². The molecular weight excluding hydrogens is 549 g/mol. The number of carbonyl (C=O) groups is 2. The van der Waals surface area contributed by atoms with E-state index in [1.165, 1.54) is 11.3 Å². The van der Waals surface area contributed by atoms with Crippen molar-refractivity contribution in [1.82, 2.24) is 20.3 Å². The first-order chi connectivity index (χ1) is 18.9. The van der Waals surface area contributed by atoms with Gasteiger partial charge in [0.05, 0.1) is 27.8 Å². The highest BCUT2D eigenvalue weighted by molar-refractivity contribution is 7.19. The normalized spacial score (nSPS) is 15.8. The van der Waals surface area contributed by atoms with E-state index in [0.717, 1.165) is 0 Å². The van der Waals surface area contributed by atoms with Gasteiger partial charge < -0.3 is 20.2 Å². The van der Waals surface area contributed by atoms with Crippen LogP contribution in [0.4, 0.5) is 19.1 Å². The second kappa shape index (κ2) is 11.7. The molecular formula is C26H29F3N6O4S. The molecule has 1 aliphatic rings. The van der Waals surface area contributed by atoms with E-state index in [1.807, 2.05) is 11.8 Å². The summed E-state index contributed by atoms with van der Waals surface area (Å²) in [5, 5.41) is 16.4. The Labute approximate surface area is 232 Å². The van der Waals surface area contributed by atoms with Gasteiger partial charge in [0.2, 0.25) is 18.5 Å². The van der Waals surface area contributed by atoms with Gasteiger partial charge in [0.1, 0.15) is 5.01 Å². The van der Waals surface area contributed by atoms with Crippen LogP contribution in [0.15, 0.2) is 29.7 Å². The molecule has 40 heavy (non-hydrogen) atoms. The van der Waals surface area contributed by atoms with Gasteiger partial charge in [-0.25, -0.2) is 15.0 Å². The van der Waals surface area contributed by atoms with E-state index < -0.39 is 24.2 Å². The number of benzene rings is 1. The molecule has 10 nitrogen and oxygen atoms in total. The second-order valence-corrected chi connectivity index (χ2v) is 10.9. The summed E-state index contributed by atoms with van der Waals surface area (Å²) in [4.78, 5) is 43.7. The van der Waals surface area contributed by atoms with Crippen LogP contribution in [-0.4, -0.2) is 70.1 Å². The smallest absolute Gasteiger partial charge is 0.425 e. The third-order valence-electron chi connectivity index (χ3n) is 6.68. The van der Waals surface area contributed by atoms with Gasteiger partial charge in [-0.3, -0.25) is 9.59 Å². The van der Waals surface area contributed by atoms with Crippen LogP contribution in [0.2, 0.25) is 0 Å². The topological polar surface area (TPSA) is 130 Å². The van der Waals surface area contributed by atoms with Gasteiger partial charge in [0, 0.05) is 43.2 Å². The zero-order valence-corrected chi connectivity index (χ0v) is 23.0. The van der Waals surface area contributed by atoms with Crippen molar-refractivity contribution in [3.8, 4) is 11.1 Å². The van der Waals surface area contributed by atoms with Crippen molar-refractivity contribution in [1.29, 1.82) is 0 Å². The number of piperidine rings is 1. The number of nitrogens with zero attached hydrogens (tertiary/aromatic N) is 5. The Kier molecular flexibility index (Phi) is 8.57. The Bertz CT molecular complexity index is 1420. The summed E-state index contributed by atoms with van der Waals surface area (Å²) in [5.41, 5.74) is 1.82. The summed E-state index contributed by atoms with van der Waals surface area (Å²) in [5.74, 6) is -0.519. The van der Waals surface area contributed by atoms with Crippen LogP contribution in [0.5, 0.6) is 0 Å². The van der Waals surface area contributed by atoms with E-state index >= 15 is 0 Å². The number of rotatable bonds is 9. The van der Waals surface area contributed by atoms with Crippen LogP contribution in [0, 0.1) is 5.41 Å². The molecule has 3 heterocycles. The molecule has 1 fully saturated rings. The SMILES string of the molecule is CCNC(=O)Cc1nc2cc(-c3cnc(N4CCC(C)(C(=O)O)CC4)nc3)cc(/C(C)=N/OCC(F)(F)F)c2s1. The van der Waals surface area contributed by atoms with Crippen molar-refractivity contribution in [3.63, 3.8) is 0 Å². The van der Waals surface area contributed by atoms with Crippen LogP contribution in [0.25, 0.3) is 21.3 Å². The molecule has 1 aromatic carbocycles. The standard InChI is InChI=1S/C26H29F3N6O4S/c1-4-30-20(36)11-21-33-19-10-16(9-18(22(19)40-21)15(2)34-39-14-26(27,28)29)17-12-31-24(32-13-17)35-7-5-25(3,6-8-35)23(37)38/h9-10,12-13H,4-8,11,14H2,1-3H3,(H,30,36)(H,37,38)/b34-15+. The number of carboxylic acid groups (broad SMARTS) is 1. The number of aliphatic carboxylic acids is 1. The van der Waals surface area contributed by atoms with Crippen LogP contribution >= 0.6 is 11.3 Å². The van der Waals surface area contributed by atoms with E-state index in [0.29, 0.717) is 70.3 Å². The number of fused-ring (bicyclic) bond motifs is 1. The van der Waals surface area contributed by atoms with E-state index in [1.54, 1.807) is 38.4 Å². The van der Waals surface area contributed by atoms with Gasteiger partial charge in [0.15, 0.2) is 0 Å². The molecule has 0 saturated carbocycles. The Balaban J connectivity index is 1.64. The monoisotopic (exact) mass is 578 g/mol. The maximum Gasteiger partial charge on any atom is 0.425 e. The molecule has 1 amide bonds. The summed E-state index contributed by atoms with van der Waals surface area (Å²) >= 11 is 1.26. The number of anilines is 1. The Hall–Kier alpha value is -3.81. The molecule has 0 unspecified atom stereocenters. The lowest BCUT2D eigenvalue weighted by atomic mass is 9.80. The van der Waals surface area contributed by atoms with Gasteiger partial charge in [-0.2, -0.15) is 13.2 Å². The molecule has 3 aromatic rings. The number of thiazole rings is 1. The molecule has 0 atom stereocenters. The number of halogens is 3. The van der Waals surface area contributed by atoms with Crippen LogP contribution in [-0.2, 0) is 20.8 Å². The Morgan fingerprint density at radius 2 is 1.88 bits per heavy atom. The van der Waals surface area contributed by atoms with Gasteiger partial charge >= 0.3 is 12.1 Å². The third-order valence-corrected chi connectivity index (χ3v) is 7.78. The highest BCUT2D eigenvalue weighted by Crippen LogP contribution is 2.34. The van der Waals surface area contributed by atoms with E-state index in [-0.39, 0.29) is 18.0 Å². The number of hydrogen-bond donors (Lipinski definition) is 2. The zero-order valence-electron chi connectivity index (χ0n) is 22.2. The summed E-state index contributed by atoms with van der Waals surface area (Å²) in [6.45, 7) is 5.08. The van der Waals surface area contributed by atoms with Gasteiger partial charge in [-0.05, 0) is 51.3 Å². The summed E-state index contributed by atoms with van der Waals surface area (Å²) in [6.07, 6.45) is -0.238. The van der Waals surface area contributed by atoms with Crippen LogP contribution < -0.4 is 10.2 Å². The number of hydrogen-bond acceptors (Lipinski definition) is 9. The number of aromatic nitrogens is 3. The van der Waals surface area contributed by atoms with Crippen molar-refractivity contribution >= 4 is 45.1 Å². The van der Waals surface area contributed by atoms with Crippen molar-refractivity contribution in [3.05, 3.63) is 35.1 Å². The number of carboxylic acids is 1. The minimum Gasteiger partial charge on any atom is -0.481 e. The molecule has 214 valence electrons. The lowest BCUT2D eigenvalue weighted by Gasteiger charge is -2.36. The molecule has 0 bridgehead atoms. The minimum absolute atomic E-state index is 0.0668. The fourth-order valence-corrected chi connectivity index (χ4v) is 5.39. The molecule has 4 rings (SSSR count). The number of likely N-dealkylation sites (N-methyl/N-ethyl adjacent to an activating group) is 1. The van der Waals surface area contributed by atoms with Crippen molar-refractivity contribution in [2.24, 2.45) is 10.6 Å². The molecule has 0 spiro atoms. The largest absolute Gasteiger partial charge is 0.481 e. The van der Waals surface area contributed by atoms with Crippen LogP contribution in [0.3, 0.4) is 0 Å². The first-order valence-electron chi connectivity index (χ1n) is 12.6. The average molecular weight is 579 g/mol. The fourth-order valence-electron chi connectivity index (χ4n) is 4.29. The van der Waals surface area contributed by atoms with Crippen LogP contribution in [0.1, 0.15) is 44.2 Å². The highest BCUT2D eigenvalue weighted by atomic mass is 32.1. The third kappa shape index (κ3) is 6.84. The average Bonchev–Trinajstić information content (AvgIpc) is 3.30. The number of alkyl halides is 3.